The summed E-state index contributed by atoms with van der Waals surface area (Å²) in [6.07, 6.45) is -0.986. The summed E-state index contributed by atoms with van der Waals surface area (Å²) in [6, 6.07) is 7.89. The second-order valence-corrected chi connectivity index (χ2v) is 6.79. The number of amides is 1. The summed E-state index contributed by atoms with van der Waals surface area (Å²) in [4.78, 5) is 26.7. The summed E-state index contributed by atoms with van der Waals surface area (Å²) in [5, 5.41) is 9.04. The standard InChI is InChI=1S/C17H16FNO4S/c1-10-13(11-2-4-12(18)5-3-11)8-15(24-10)16(20)19-6-7-23-14(9-19)17(21)22/h2-5,8,14H,6-7,9H2,1H3,(H,21,22). The fourth-order valence-corrected chi connectivity index (χ4v) is 3.65. The quantitative estimate of drug-likeness (QED) is 0.925. The van der Waals surface area contributed by atoms with E-state index in [-0.39, 0.29) is 24.9 Å². The minimum absolute atomic E-state index is 0.0387. The monoisotopic (exact) mass is 349 g/mol. The molecule has 1 aromatic carbocycles. The minimum atomic E-state index is -1.07. The van der Waals surface area contributed by atoms with Gasteiger partial charge in [-0.2, -0.15) is 0 Å². The van der Waals surface area contributed by atoms with Gasteiger partial charge in [0.15, 0.2) is 6.10 Å². The van der Waals surface area contributed by atoms with Gasteiger partial charge >= 0.3 is 5.97 Å². The smallest absolute Gasteiger partial charge is 0.334 e. The Bertz CT molecular complexity index is 771. The highest BCUT2D eigenvalue weighted by Crippen LogP contribution is 2.32. The molecule has 1 aliphatic heterocycles. The van der Waals surface area contributed by atoms with Crippen LogP contribution in [0.5, 0.6) is 0 Å². The van der Waals surface area contributed by atoms with Crippen molar-refractivity contribution in [2.24, 2.45) is 0 Å². The van der Waals surface area contributed by atoms with Crippen LogP contribution in [0.1, 0.15) is 14.5 Å². The van der Waals surface area contributed by atoms with Crippen molar-refractivity contribution in [1.29, 1.82) is 0 Å². The summed E-state index contributed by atoms with van der Waals surface area (Å²) >= 11 is 1.35. The van der Waals surface area contributed by atoms with Crippen molar-refractivity contribution in [3.63, 3.8) is 0 Å². The number of hydrogen-bond donors (Lipinski definition) is 1. The zero-order valence-corrected chi connectivity index (χ0v) is 13.8. The van der Waals surface area contributed by atoms with E-state index in [1.165, 1.54) is 28.4 Å². The average molecular weight is 349 g/mol. The number of carboxylic acids is 1. The summed E-state index contributed by atoms with van der Waals surface area (Å²) < 4.78 is 18.2. The zero-order valence-electron chi connectivity index (χ0n) is 13.0. The van der Waals surface area contributed by atoms with Gasteiger partial charge in [0, 0.05) is 11.4 Å². The van der Waals surface area contributed by atoms with Gasteiger partial charge in [0.2, 0.25) is 0 Å². The number of carbonyl (C=O) groups excluding carboxylic acids is 1. The van der Waals surface area contributed by atoms with Crippen LogP contribution in [0.2, 0.25) is 0 Å². The van der Waals surface area contributed by atoms with Crippen molar-refractivity contribution >= 4 is 23.2 Å². The molecule has 0 spiro atoms. The maximum Gasteiger partial charge on any atom is 0.334 e. The third-order valence-electron chi connectivity index (χ3n) is 3.91. The Hall–Kier alpha value is -2.25. The van der Waals surface area contributed by atoms with Crippen LogP contribution in [0.4, 0.5) is 4.39 Å². The molecule has 1 amide bonds. The Morgan fingerprint density at radius 3 is 2.71 bits per heavy atom. The van der Waals surface area contributed by atoms with Crippen molar-refractivity contribution in [1.82, 2.24) is 4.90 Å². The molecule has 2 aromatic rings. The molecule has 1 atom stereocenters. The highest BCUT2D eigenvalue weighted by Gasteiger charge is 2.30. The molecular weight excluding hydrogens is 333 g/mol. The topological polar surface area (TPSA) is 66.8 Å². The second kappa shape index (κ2) is 6.70. The largest absolute Gasteiger partial charge is 0.479 e. The van der Waals surface area contributed by atoms with E-state index in [4.69, 9.17) is 9.84 Å². The maximum atomic E-state index is 13.1. The van der Waals surface area contributed by atoms with Gasteiger partial charge in [0.05, 0.1) is 18.0 Å². The Balaban J connectivity index is 1.82. The van der Waals surface area contributed by atoms with E-state index in [1.54, 1.807) is 18.2 Å². The van der Waals surface area contributed by atoms with Gasteiger partial charge in [-0.1, -0.05) is 12.1 Å². The van der Waals surface area contributed by atoms with Gasteiger partial charge in [0.1, 0.15) is 5.82 Å². The minimum Gasteiger partial charge on any atom is -0.479 e. The molecule has 1 N–H and O–H groups in total. The van der Waals surface area contributed by atoms with Crippen LogP contribution in [-0.4, -0.2) is 47.7 Å². The number of hydrogen-bond acceptors (Lipinski definition) is 4. The zero-order chi connectivity index (χ0) is 17.3. The predicted molar refractivity (Wildman–Crippen MR) is 87.7 cm³/mol. The molecule has 7 heteroatoms. The lowest BCUT2D eigenvalue weighted by Crippen LogP contribution is -2.48. The first kappa shape index (κ1) is 16.6. The van der Waals surface area contributed by atoms with E-state index in [0.717, 1.165) is 16.0 Å². The summed E-state index contributed by atoms with van der Waals surface area (Å²) in [7, 11) is 0. The van der Waals surface area contributed by atoms with Gasteiger partial charge in [-0.25, -0.2) is 9.18 Å². The van der Waals surface area contributed by atoms with Crippen LogP contribution in [-0.2, 0) is 9.53 Å². The number of halogens is 1. The summed E-state index contributed by atoms with van der Waals surface area (Å²) in [5.41, 5.74) is 1.72. The number of ether oxygens (including phenoxy) is 1. The lowest BCUT2D eigenvalue weighted by Gasteiger charge is -2.30. The van der Waals surface area contributed by atoms with E-state index in [1.807, 2.05) is 6.92 Å². The fourth-order valence-electron chi connectivity index (χ4n) is 2.64. The molecule has 2 heterocycles. The number of rotatable bonds is 3. The normalized spacial score (nSPS) is 17.8. The average Bonchev–Trinajstić information content (AvgIpc) is 2.97. The number of aliphatic carboxylic acids is 1. The van der Waals surface area contributed by atoms with Crippen LogP contribution in [0.3, 0.4) is 0 Å². The molecule has 24 heavy (non-hydrogen) atoms. The van der Waals surface area contributed by atoms with Gasteiger partial charge < -0.3 is 14.7 Å². The highest BCUT2D eigenvalue weighted by atomic mass is 32.1. The predicted octanol–water partition coefficient (Wildman–Crippen LogP) is 2.79. The first-order valence-electron chi connectivity index (χ1n) is 7.46. The third kappa shape index (κ3) is 3.32. The highest BCUT2D eigenvalue weighted by molar-refractivity contribution is 7.14. The first-order chi connectivity index (χ1) is 11.5. The SMILES string of the molecule is Cc1sc(C(=O)N2CCOC(C(=O)O)C2)cc1-c1ccc(F)cc1. The van der Waals surface area contributed by atoms with Gasteiger partial charge in [-0.05, 0) is 36.2 Å². The van der Waals surface area contributed by atoms with Crippen LogP contribution in [0, 0.1) is 12.7 Å². The molecule has 3 rings (SSSR count). The lowest BCUT2D eigenvalue weighted by atomic mass is 10.1. The number of carbonyl (C=O) groups is 2. The number of aryl methyl sites for hydroxylation is 1. The van der Waals surface area contributed by atoms with Crippen LogP contribution in [0.15, 0.2) is 30.3 Å². The summed E-state index contributed by atoms with van der Waals surface area (Å²) in [5.74, 6) is -1.58. The fraction of sp³-hybridized carbons (Fsp3) is 0.294. The van der Waals surface area contributed by atoms with Crippen LogP contribution in [0.25, 0.3) is 11.1 Å². The molecular formula is C17H16FNO4S. The number of morpholine rings is 1. The van der Waals surface area contributed by atoms with E-state index in [0.29, 0.717) is 11.4 Å². The molecule has 1 aromatic heterocycles. The van der Waals surface area contributed by atoms with Gasteiger partial charge in [-0.3, -0.25) is 4.79 Å². The molecule has 0 saturated carbocycles. The molecule has 0 bridgehead atoms. The van der Waals surface area contributed by atoms with Crippen LogP contribution >= 0.6 is 11.3 Å². The van der Waals surface area contributed by atoms with Gasteiger partial charge in [-0.15, -0.1) is 11.3 Å². The Labute approximate surface area is 142 Å². The number of benzene rings is 1. The van der Waals surface area contributed by atoms with Crippen LogP contribution < -0.4 is 0 Å². The second-order valence-electron chi connectivity index (χ2n) is 5.54. The molecule has 0 aliphatic carbocycles. The van der Waals surface area contributed by atoms with E-state index in [9.17, 15) is 14.0 Å². The number of carboxylic acid groups (broad SMARTS) is 1. The van der Waals surface area contributed by atoms with E-state index >= 15 is 0 Å². The molecule has 0 radical (unpaired) electrons. The molecule has 126 valence electrons. The molecule has 1 fully saturated rings. The third-order valence-corrected chi connectivity index (χ3v) is 4.95. The molecule has 1 saturated heterocycles. The van der Waals surface area contributed by atoms with Crippen molar-refractivity contribution in [2.75, 3.05) is 19.7 Å². The Morgan fingerprint density at radius 1 is 1.33 bits per heavy atom. The van der Waals surface area contributed by atoms with Gasteiger partial charge in [0.25, 0.3) is 5.91 Å². The lowest BCUT2D eigenvalue weighted by molar-refractivity contribution is -0.154. The molecule has 1 unspecified atom stereocenters. The Morgan fingerprint density at radius 2 is 2.04 bits per heavy atom. The van der Waals surface area contributed by atoms with Crippen molar-refractivity contribution in [3.05, 3.63) is 45.9 Å². The van der Waals surface area contributed by atoms with E-state index in [2.05, 4.69) is 0 Å². The first-order valence-corrected chi connectivity index (χ1v) is 8.27. The summed E-state index contributed by atoms with van der Waals surface area (Å²) in [6.45, 7) is 2.51. The van der Waals surface area contributed by atoms with Crippen molar-refractivity contribution in [2.45, 2.75) is 13.0 Å². The molecule has 1 aliphatic rings. The van der Waals surface area contributed by atoms with E-state index < -0.39 is 12.1 Å². The molecule has 5 nitrogen and oxygen atoms in total. The maximum absolute atomic E-state index is 13.1. The Kier molecular flexibility index (Phi) is 4.64. The van der Waals surface area contributed by atoms with Crippen molar-refractivity contribution < 1.29 is 23.8 Å². The number of nitrogens with zero attached hydrogens (tertiary/aromatic N) is 1. The van der Waals surface area contributed by atoms with Crippen molar-refractivity contribution in [3.8, 4) is 11.1 Å². The number of thiophene rings is 1.